The van der Waals surface area contributed by atoms with Crippen LogP contribution in [0.4, 0.5) is 8.78 Å². The van der Waals surface area contributed by atoms with E-state index in [1.54, 1.807) is 12.2 Å². The third-order valence-electron chi connectivity index (χ3n) is 2.50. The molecule has 0 aromatic rings. The van der Waals surface area contributed by atoms with Gasteiger partial charge in [0.15, 0.2) is 11.7 Å². The van der Waals surface area contributed by atoms with Crippen LogP contribution in [0.2, 0.25) is 0 Å². The zero-order valence-corrected chi connectivity index (χ0v) is 14.8. The molecule has 0 saturated carbocycles. The van der Waals surface area contributed by atoms with Gasteiger partial charge in [-0.3, -0.25) is 0 Å². The summed E-state index contributed by atoms with van der Waals surface area (Å²) >= 11 is 0. The molecule has 0 nitrogen and oxygen atoms in total. The molecule has 22 heavy (non-hydrogen) atoms. The molecule has 0 saturated heterocycles. The molecule has 0 bridgehead atoms. The van der Waals surface area contributed by atoms with Gasteiger partial charge >= 0.3 is 0 Å². The molecule has 0 N–H and O–H groups in total. The Hall–Kier alpha value is -1.62. The Bertz CT molecular complexity index is 588. The molecule has 0 aromatic carbocycles. The van der Waals surface area contributed by atoms with Gasteiger partial charge in [0.2, 0.25) is 0 Å². The van der Waals surface area contributed by atoms with Gasteiger partial charge in [-0.05, 0) is 21.8 Å². The van der Waals surface area contributed by atoms with Crippen molar-refractivity contribution in [1.29, 1.82) is 0 Å². The number of halogens is 2. The highest BCUT2D eigenvalue weighted by atomic mass is 31.0. The van der Waals surface area contributed by atoms with Crippen LogP contribution in [-0.4, -0.2) is 0 Å². The predicted molar refractivity (Wildman–Crippen MR) is 102 cm³/mol. The van der Waals surface area contributed by atoms with Crippen molar-refractivity contribution in [2.24, 2.45) is 0 Å². The summed E-state index contributed by atoms with van der Waals surface area (Å²) in [6.45, 7) is 21.5. The average Bonchev–Trinajstić information content (AvgIpc) is 2.46. The summed E-state index contributed by atoms with van der Waals surface area (Å²) in [6.07, 6.45) is 6.20. The van der Waals surface area contributed by atoms with Gasteiger partial charge in [-0.2, -0.15) is 0 Å². The minimum Gasteiger partial charge on any atom is -0.203 e. The van der Waals surface area contributed by atoms with E-state index in [4.69, 9.17) is 0 Å². The van der Waals surface area contributed by atoms with Gasteiger partial charge in [-0.1, -0.05) is 63.8 Å². The van der Waals surface area contributed by atoms with Crippen LogP contribution in [0.5, 0.6) is 0 Å². The first-order valence-corrected chi connectivity index (χ1v) is 7.30. The van der Waals surface area contributed by atoms with Crippen molar-refractivity contribution >= 4 is 18.5 Å². The Morgan fingerprint density at radius 2 is 0.864 bits per heavy atom. The lowest BCUT2D eigenvalue weighted by atomic mass is 10.0. The monoisotopic (exact) mass is 336 g/mol. The van der Waals surface area contributed by atoms with Crippen molar-refractivity contribution < 1.29 is 8.78 Å². The minimum atomic E-state index is -1.12. The van der Waals surface area contributed by atoms with Gasteiger partial charge in [-0.25, -0.2) is 8.78 Å². The van der Waals surface area contributed by atoms with E-state index in [9.17, 15) is 8.78 Å². The van der Waals surface area contributed by atoms with Crippen LogP contribution in [0.15, 0.2) is 108 Å². The normalized spacial score (nSPS) is 12.2. The molecule has 116 valence electrons. The average molecular weight is 336 g/mol. The van der Waals surface area contributed by atoms with E-state index in [0.29, 0.717) is 10.6 Å². The predicted octanol–water partition coefficient (Wildman–Crippen LogP) is 6.25. The first kappa shape index (κ1) is 20.4. The highest BCUT2D eigenvalue weighted by Gasteiger charge is 2.15. The Morgan fingerprint density at radius 3 is 1.09 bits per heavy atom. The summed E-state index contributed by atoms with van der Waals surface area (Å²) < 4.78 is 28.2. The SMILES string of the molecule is C=C(P)/C=C\C(=C)C(=C)/C(F)=C(/F)C(=C)C(=C)/C=C\C(=C)P. The summed E-state index contributed by atoms with van der Waals surface area (Å²) in [5.41, 5.74) is 0.161. The highest BCUT2D eigenvalue weighted by Crippen LogP contribution is 2.29. The molecule has 0 aliphatic heterocycles. The maximum Gasteiger partial charge on any atom is 0.166 e. The fraction of sp³-hybridized carbons (Fsp3) is 0. The maximum absolute atomic E-state index is 14.1. The summed E-state index contributed by atoms with van der Waals surface area (Å²) in [5, 5.41) is 1.36. The second kappa shape index (κ2) is 9.41. The quantitative estimate of drug-likeness (QED) is 0.363. The third-order valence-corrected chi connectivity index (χ3v) is 2.88. The van der Waals surface area contributed by atoms with E-state index in [1.807, 2.05) is 0 Å². The van der Waals surface area contributed by atoms with Gasteiger partial charge in [0.25, 0.3) is 0 Å². The molecule has 2 unspecified atom stereocenters. The fourth-order valence-corrected chi connectivity index (χ4v) is 1.36. The molecule has 0 rings (SSSR count). The van der Waals surface area contributed by atoms with E-state index in [2.05, 4.69) is 58.0 Å². The van der Waals surface area contributed by atoms with Crippen LogP contribution in [-0.2, 0) is 0 Å². The molecule has 0 aliphatic carbocycles. The van der Waals surface area contributed by atoms with E-state index < -0.39 is 11.7 Å². The topological polar surface area (TPSA) is 0 Å². The zero-order chi connectivity index (χ0) is 17.4. The van der Waals surface area contributed by atoms with Crippen molar-refractivity contribution in [3.8, 4) is 0 Å². The molecule has 0 heterocycles. The third kappa shape index (κ3) is 6.89. The number of rotatable bonds is 8. The molecule has 0 amide bonds. The summed E-state index contributed by atoms with van der Waals surface area (Å²) in [6, 6.07) is 0. The maximum atomic E-state index is 14.1. The Labute approximate surface area is 136 Å². The van der Waals surface area contributed by atoms with Crippen LogP contribution in [0.1, 0.15) is 0 Å². The molecule has 0 aliphatic rings. The molecule has 2 atom stereocenters. The van der Waals surface area contributed by atoms with Gasteiger partial charge < -0.3 is 0 Å². The smallest absolute Gasteiger partial charge is 0.166 e. The lowest BCUT2D eigenvalue weighted by Crippen LogP contribution is -1.93. The van der Waals surface area contributed by atoms with Gasteiger partial charge in [0.1, 0.15) is 0 Å². The van der Waals surface area contributed by atoms with Gasteiger partial charge in [-0.15, -0.1) is 18.5 Å². The standard InChI is InChI=1S/C18H20F2P2/c1-11(7-9-13(3)21)15(5)17(19)18(20)16(6)12(2)8-10-14(4)22/h7-10H,1-6,21-22H2/b9-7-,10-8-,18-17-. The second-order valence-electron chi connectivity index (χ2n) is 4.45. The van der Waals surface area contributed by atoms with E-state index >= 15 is 0 Å². The molecular formula is C18H20F2P2. The Kier molecular flexibility index (Phi) is 8.72. The van der Waals surface area contributed by atoms with Crippen molar-refractivity contribution in [2.75, 3.05) is 0 Å². The molecule has 0 spiro atoms. The van der Waals surface area contributed by atoms with Gasteiger partial charge in [0.05, 0.1) is 0 Å². The molecule has 0 radical (unpaired) electrons. The van der Waals surface area contributed by atoms with Crippen LogP contribution < -0.4 is 0 Å². The Balaban J connectivity index is 5.28. The van der Waals surface area contributed by atoms with Crippen molar-refractivity contribution in [3.63, 3.8) is 0 Å². The number of hydrogen-bond donors (Lipinski definition) is 0. The lowest BCUT2D eigenvalue weighted by Gasteiger charge is -2.08. The van der Waals surface area contributed by atoms with Gasteiger partial charge in [0, 0.05) is 11.1 Å². The fourth-order valence-electron chi connectivity index (χ4n) is 1.16. The largest absolute Gasteiger partial charge is 0.203 e. The van der Waals surface area contributed by atoms with Crippen LogP contribution in [0, 0.1) is 0 Å². The van der Waals surface area contributed by atoms with E-state index in [0.717, 1.165) is 0 Å². The summed E-state index contributed by atoms with van der Waals surface area (Å²) in [4.78, 5) is 0. The Morgan fingerprint density at radius 1 is 0.591 bits per heavy atom. The summed E-state index contributed by atoms with van der Waals surface area (Å²) in [7, 11) is 4.74. The summed E-state index contributed by atoms with van der Waals surface area (Å²) in [5.74, 6) is -2.23. The van der Waals surface area contributed by atoms with Crippen LogP contribution in [0.3, 0.4) is 0 Å². The van der Waals surface area contributed by atoms with Crippen LogP contribution >= 0.6 is 18.5 Å². The molecule has 4 heteroatoms. The van der Waals surface area contributed by atoms with Crippen molar-refractivity contribution in [1.82, 2.24) is 0 Å². The van der Waals surface area contributed by atoms with E-state index in [-0.39, 0.29) is 22.3 Å². The minimum absolute atomic E-state index is 0.159. The number of hydrogen-bond acceptors (Lipinski definition) is 0. The van der Waals surface area contributed by atoms with Crippen molar-refractivity contribution in [2.45, 2.75) is 0 Å². The zero-order valence-electron chi connectivity index (χ0n) is 12.5. The first-order chi connectivity index (χ1) is 10.1. The second-order valence-corrected chi connectivity index (χ2v) is 5.94. The number of allylic oxidation sites excluding steroid dienone is 12. The molecular weight excluding hydrogens is 316 g/mol. The van der Waals surface area contributed by atoms with Crippen molar-refractivity contribution in [3.05, 3.63) is 108 Å². The molecule has 0 fully saturated rings. The first-order valence-electron chi connectivity index (χ1n) is 6.15. The van der Waals surface area contributed by atoms with E-state index in [1.165, 1.54) is 12.2 Å². The molecule has 0 aromatic heterocycles. The lowest BCUT2D eigenvalue weighted by molar-refractivity contribution is 0.560. The van der Waals surface area contributed by atoms with Crippen LogP contribution in [0.25, 0.3) is 0 Å². The highest BCUT2D eigenvalue weighted by molar-refractivity contribution is 7.23.